The van der Waals surface area contributed by atoms with Gasteiger partial charge in [0, 0.05) is 30.4 Å². The Hall–Kier alpha value is -6.37. The first kappa shape index (κ1) is 40.8. The lowest BCUT2D eigenvalue weighted by molar-refractivity contribution is -0.152. The van der Waals surface area contributed by atoms with E-state index < -0.39 is 29.8 Å². The number of hydrogen-bond acceptors (Lipinski definition) is 13. The van der Waals surface area contributed by atoms with Crippen LogP contribution in [-0.2, 0) is 39.9 Å². The van der Waals surface area contributed by atoms with E-state index in [0.29, 0.717) is 86.3 Å². The summed E-state index contributed by atoms with van der Waals surface area (Å²) < 4.78 is 32.3. The van der Waals surface area contributed by atoms with E-state index >= 15 is 0 Å². The molecule has 2 fully saturated rings. The summed E-state index contributed by atoms with van der Waals surface area (Å²) in [5, 5.41) is 7.88. The maximum atomic E-state index is 13.0. The minimum atomic E-state index is -0.596. The standard InChI is InChI=1S/C43H43NO12/c1-3-38(45)52-33-14-18-35(19-15-33)54-41(48)29-8-6-28(7-9-29)40(47)51-24-23-27-5-22-37(32(25-27)26-44)56-43(50)31-12-10-30(11-13-31)42(49)55-36-20-16-34(17-21-36)53-39(46)4-2/h3-5,14-22,25-26,28-31,44H,1-2,6-13,23-24H2. The minimum Gasteiger partial charge on any atom is -0.465 e. The highest BCUT2D eigenvalue weighted by molar-refractivity contribution is 5.85. The van der Waals surface area contributed by atoms with Crippen molar-refractivity contribution in [2.24, 2.45) is 23.7 Å². The van der Waals surface area contributed by atoms with Crippen LogP contribution in [0.1, 0.15) is 62.5 Å². The summed E-state index contributed by atoms with van der Waals surface area (Å²) >= 11 is 0. The van der Waals surface area contributed by atoms with Gasteiger partial charge < -0.3 is 33.8 Å². The molecule has 0 aromatic heterocycles. The Balaban J connectivity index is 1.00. The molecule has 3 aromatic rings. The van der Waals surface area contributed by atoms with E-state index in [-0.39, 0.29) is 42.0 Å². The maximum Gasteiger partial charge on any atom is 0.335 e. The summed E-state index contributed by atoms with van der Waals surface area (Å²) in [4.78, 5) is 74.0. The summed E-state index contributed by atoms with van der Waals surface area (Å²) in [5.41, 5.74) is 1.20. The fraction of sp³-hybridized carbons (Fsp3) is 0.326. The van der Waals surface area contributed by atoms with Gasteiger partial charge >= 0.3 is 35.8 Å². The van der Waals surface area contributed by atoms with Gasteiger partial charge in [-0.15, -0.1) is 0 Å². The molecule has 0 heterocycles. The Labute approximate surface area is 324 Å². The normalized spacial score (nSPS) is 18.9. The Bertz CT molecular complexity index is 1940. The van der Waals surface area contributed by atoms with Crippen molar-refractivity contribution >= 4 is 42.0 Å². The lowest BCUT2D eigenvalue weighted by Gasteiger charge is -2.26. The molecule has 0 unspecified atom stereocenters. The number of ether oxygens (including phenoxy) is 6. The Kier molecular flexibility index (Phi) is 14.4. The van der Waals surface area contributed by atoms with E-state index in [1.807, 2.05) is 0 Å². The van der Waals surface area contributed by atoms with Gasteiger partial charge in [0.05, 0.1) is 30.3 Å². The van der Waals surface area contributed by atoms with Crippen molar-refractivity contribution in [2.75, 3.05) is 6.61 Å². The lowest BCUT2D eigenvalue weighted by atomic mass is 9.82. The third-order valence-corrected chi connectivity index (χ3v) is 9.72. The van der Waals surface area contributed by atoms with Gasteiger partial charge in [-0.25, -0.2) is 9.59 Å². The first-order valence-electron chi connectivity index (χ1n) is 18.4. The molecule has 2 aliphatic rings. The molecule has 13 heteroatoms. The summed E-state index contributed by atoms with van der Waals surface area (Å²) in [7, 11) is 0. The van der Waals surface area contributed by atoms with Crippen LogP contribution in [0.15, 0.2) is 92.0 Å². The van der Waals surface area contributed by atoms with Crippen LogP contribution in [-0.4, -0.2) is 48.6 Å². The van der Waals surface area contributed by atoms with Crippen LogP contribution in [0.2, 0.25) is 0 Å². The average molecular weight is 766 g/mol. The van der Waals surface area contributed by atoms with E-state index in [2.05, 4.69) is 13.2 Å². The van der Waals surface area contributed by atoms with Crippen LogP contribution in [0.25, 0.3) is 0 Å². The van der Waals surface area contributed by atoms with Gasteiger partial charge in [0.15, 0.2) is 0 Å². The predicted octanol–water partition coefficient (Wildman–Crippen LogP) is 6.68. The van der Waals surface area contributed by atoms with Crippen molar-refractivity contribution in [1.82, 2.24) is 0 Å². The quantitative estimate of drug-likeness (QED) is 0.0751. The summed E-state index contributed by atoms with van der Waals surface area (Å²) in [6.07, 6.45) is 7.32. The first-order valence-corrected chi connectivity index (χ1v) is 18.4. The molecule has 0 bridgehead atoms. The molecule has 13 nitrogen and oxygen atoms in total. The van der Waals surface area contributed by atoms with E-state index in [0.717, 1.165) is 23.9 Å². The number of benzene rings is 3. The lowest BCUT2D eigenvalue weighted by Crippen LogP contribution is -2.30. The maximum absolute atomic E-state index is 13.0. The zero-order valence-corrected chi connectivity index (χ0v) is 30.8. The number of carbonyl (C=O) groups excluding carboxylic acids is 6. The molecule has 0 amide bonds. The summed E-state index contributed by atoms with van der Waals surface area (Å²) in [6, 6.07) is 17.3. The van der Waals surface area contributed by atoms with E-state index in [4.69, 9.17) is 33.8 Å². The largest absolute Gasteiger partial charge is 0.465 e. The van der Waals surface area contributed by atoms with E-state index in [1.54, 1.807) is 18.2 Å². The Morgan fingerprint density at radius 1 is 0.536 bits per heavy atom. The molecule has 0 spiro atoms. The van der Waals surface area contributed by atoms with Crippen molar-refractivity contribution < 1.29 is 57.2 Å². The minimum absolute atomic E-state index is 0.123. The van der Waals surface area contributed by atoms with Gasteiger partial charge in [0.25, 0.3) is 0 Å². The number of rotatable bonds is 15. The summed E-state index contributed by atoms with van der Waals surface area (Å²) in [5.74, 6) is -2.72. The first-order chi connectivity index (χ1) is 27.0. The third-order valence-electron chi connectivity index (χ3n) is 9.72. The number of hydrogen-bond donors (Lipinski definition) is 1. The monoisotopic (exact) mass is 765 g/mol. The van der Waals surface area contributed by atoms with Crippen LogP contribution in [0.4, 0.5) is 0 Å². The highest BCUT2D eigenvalue weighted by atomic mass is 16.6. The molecule has 0 radical (unpaired) electrons. The molecular weight excluding hydrogens is 722 g/mol. The molecule has 56 heavy (non-hydrogen) atoms. The molecule has 5 rings (SSSR count). The molecule has 0 aliphatic heterocycles. The molecule has 1 N–H and O–H groups in total. The second kappa shape index (κ2) is 19.8. The van der Waals surface area contributed by atoms with Crippen molar-refractivity contribution in [3.05, 3.63) is 103 Å². The summed E-state index contributed by atoms with van der Waals surface area (Å²) in [6.45, 7) is 6.81. The van der Waals surface area contributed by atoms with Gasteiger partial charge in [0.2, 0.25) is 0 Å². The predicted molar refractivity (Wildman–Crippen MR) is 201 cm³/mol. The van der Waals surface area contributed by atoms with Crippen LogP contribution >= 0.6 is 0 Å². The fourth-order valence-electron chi connectivity index (χ4n) is 6.53. The molecule has 2 saturated carbocycles. The third kappa shape index (κ3) is 11.6. The van der Waals surface area contributed by atoms with Crippen molar-refractivity contribution in [2.45, 2.75) is 57.8 Å². The molecule has 0 saturated heterocycles. The van der Waals surface area contributed by atoms with Crippen LogP contribution < -0.4 is 23.7 Å². The Morgan fingerprint density at radius 3 is 1.30 bits per heavy atom. The van der Waals surface area contributed by atoms with Gasteiger partial charge in [-0.2, -0.15) is 0 Å². The van der Waals surface area contributed by atoms with Gasteiger partial charge in [0.1, 0.15) is 28.7 Å². The molecular formula is C43H43NO12. The topological polar surface area (TPSA) is 182 Å². The number of carbonyl (C=O) groups is 6. The smallest absolute Gasteiger partial charge is 0.335 e. The molecule has 292 valence electrons. The highest BCUT2D eigenvalue weighted by Gasteiger charge is 2.33. The van der Waals surface area contributed by atoms with E-state index in [1.165, 1.54) is 48.5 Å². The second-order valence-electron chi connectivity index (χ2n) is 13.5. The van der Waals surface area contributed by atoms with Gasteiger partial charge in [-0.05, 0) is 118 Å². The second-order valence-corrected chi connectivity index (χ2v) is 13.5. The molecule has 2 aliphatic carbocycles. The van der Waals surface area contributed by atoms with Crippen LogP contribution in [0, 0.1) is 29.1 Å². The van der Waals surface area contributed by atoms with Crippen molar-refractivity contribution in [3.63, 3.8) is 0 Å². The van der Waals surface area contributed by atoms with Gasteiger partial charge in [-0.1, -0.05) is 19.2 Å². The Morgan fingerprint density at radius 2 is 0.911 bits per heavy atom. The number of nitrogens with one attached hydrogen (secondary N) is 1. The van der Waals surface area contributed by atoms with Crippen molar-refractivity contribution in [3.8, 4) is 28.7 Å². The fourth-order valence-corrected chi connectivity index (χ4v) is 6.53. The van der Waals surface area contributed by atoms with Crippen LogP contribution in [0.3, 0.4) is 0 Å². The molecule has 0 atom stereocenters. The highest BCUT2D eigenvalue weighted by Crippen LogP contribution is 2.33. The van der Waals surface area contributed by atoms with E-state index in [9.17, 15) is 28.8 Å². The zero-order chi connectivity index (χ0) is 40.0. The SMILES string of the molecule is C=CC(=O)Oc1ccc(OC(=O)C2CCC(C(=O)OCCc3ccc(OC(=O)C4CCC(C(=O)Oc5ccc(OC(=O)C=C)cc5)CC4)c(C=N)c3)CC2)cc1. The van der Waals surface area contributed by atoms with Crippen LogP contribution in [0.5, 0.6) is 28.7 Å². The number of esters is 6. The van der Waals surface area contributed by atoms with Crippen molar-refractivity contribution in [1.29, 1.82) is 5.41 Å². The molecule has 3 aromatic carbocycles. The average Bonchev–Trinajstić information content (AvgIpc) is 3.22. The zero-order valence-electron chi connectivity index (χ0n) is 30.8. The van der Waals surface area contributed by atoms with Gasteiger partial charge in [-0.3, -0.25) is 19.2 Å².